The molecular formula is C11H17N5O2S. The summed E-state index contributed by atoms with van der Waals surface area (Å²) in [5.41, 5.74) is 0.687. The minimum atomic E-state index is -3.50. The van der Waals surface area contributed by atoms with Crippen molar-refractivity contribution >= 4 is 15.9 Å². The van der Waals surface area contributed by atoms with Gasteiger partial charge in [0, 0.05) is 19.8 Å². The molecule has 0 aliphatic rings. The van der Waals surface area contributed by atoms with Gasteiger partial charge < -0.3 is 0 Å². The van der Waals surface area contributed by atoms with Crippen molar-refractivity contribution < 1.29 is 8.42 Å². The van der Waals surface area contributed by atoms with E-state index in [4.69, 9.17) is 0 Å². The van der Waals surface area contributed by atoms with E-state index in [-0.39, 0.29) is 0 Å². The lowest BCUT2D eigenvalue weighted by molar-refractivity contribution is 0.461. The quantitative estimate of drug-likeness (QED) is 0.870. The third-order valence-electron chi connectivity index (χ3n) is 2.91. The monoisotopic (exact) mass is 283 g/mol. The molecule has 2 aromatic heterocycles. The van der Waals surface area contributed by atoms with Crippen molar-refractivity contribution in [3.05, 3.63) is 30.2 Å². The Hall–Kier alpha value is -1.51. The minimum Gasteiger partial charge on any atom is -0.285 e. The van der Waals surface area contributed by atoms with Gasteiger partial charge in [0.2, 0.25) is 0 Å². The van der Waals surface area contributed by atoms with E-state index in [0.29, 0.717) is 18.0 Å². The van der Waals surface area contributed by atoms with Crippen molar-refractivity contribution in [3.63, 3.8) is 0 Å². The molecule has 19 heavy (non-hydrogen) atoms. The summed E-state index contributed by atoms with van der Waals surface area (Å²) in [4.78, 5) is 0. The van der Waals surface area contributed by atoms with E-state index in [1.54, 1.807) is 24.4 Å². The number of nitrogens with one attached hydrogen (secondary N) is 1. The van der Waals surface area contributed by atoms with E-state index in [1.165, 1.54) is 11.4 Å². The highest BCUT2D eigenvalue weighted by Gasteiger charge is 2.22. The Morgan fingerprint density at radius 3 is 2.84 bits per heavy atom. The van der Waals surface area contributed by atoms with E-state index in [0.717, 1.165) is 0 Å². The molecule has 1 atom stereocenters. The maximum absolute atomic E-state index is 12.0. The van der Waals surface area contributed by atoms with Gasteiger partial charge in [0.15, 0.2) is 11.5 Å². The Kier molecular flexibility index (Phi) is 3.83. The maximum atomic E-state index is 12.0. The third kappa shape index (κ3) is 2.75. The summed E-state index contributed by atoms with van der Waals surface area (Å²) >= 11 is 0. The molecule has 0 aliphatic heterocycles. The van der Waals surface area contributed by atoms with Gasteiger partial charge in [-0.25, -0.2) is 0 Å². The minimum absolute atomic E-state index is 0.405. The average molecular weight is 283 g/mol. The van der Waals surface area contributed by atoms with E-state index >= 15 is 0 Å². The molecule has 2 rings (SSSR count). The van der Waals surface area contributed by atoms with Crippen LogP contribution in [-0.2, 0) is 10.2 Å². The SMILES string of the molecule is CCN(C)S(=O)(=O)NC(C)c1nnc2ccccn12. The smallest absolute Gasteiger partial charge is 0.279 e. The number of nitrogens with zero attached hydrogens (tertiary/aromatic N) is 4. The first-order valence-corrected chi connectivity index (χ1v) is 7.43. The van der Waals surface area contributed by atoms with Crippen LogP contribution in [0.3, 0.4) is 0 Å². The van der Waals surface area contributed by atoms with Gasteiger partial charge in [-0.1, -0.05) is 13.0 Å². The Morgan fingerprint density at radius 1 is 1.42 bits per heavy atom. The Morgan fingerprint density at radius 2 is 2.16 bits per heavy atom. The summed E-state index contributed by atoms with van der Waals surface area (Å²) in [6.45, 7) is 3.92. The molecule has 0 bridgehead atoms. The first-order chi connectivity index (χ1) is 8.95. The second-order valence-corrected chi connectivity index (χ2v) is 6.05. The molecule has 8 heteroatoms. The highest BCUT2D eigenvalue weighted by atomic mass is 32.2. The summed E-state index contributed by atoms with van der Waals surface area (Å²) in [5.74, 6) is 0.559. The fraction of sp³-hybridized carbons (Fsp3) is 0.455. The number of hydrogen-bond acceptors (Lipinski definition) is 4. The number of pyridine rings is 1. The molecule has 0 aromatic carbocycles. The molecule has 0 saturated carbocycles. The standard InChI is InChI=1S/C11H17N5O2S/c1-4-15(3)19(17,18)14-9(2)11-13-12-10-7-5-6-8-16(10)11/h5-9,14H,4H2,1-3H3. The average Bonchev–Trinajstić information content (AvgIpc) is 2.81. The molecule has 0 saturated heterocycles. The van der Waals surface area contributed by atoms with Crippen molar-refractivity contribution in [2.75, 3.05) is 13.6 Å². The Bertz CT molecular complexity index is 667. The number of hydrogen-bond donors (Lipinski definition) is 1. The van der Waals surface area contributed by atoms with Gasteiger partial charge in [0.1, 0.15) is 0 Å². The van der Waals surface area contributed by atoms with Gasteiger partial charge in [-0.15, -0.1) is 10.2 Å². The van der Waals surface area contributed by atoms with Crippen molar-refractivity contribution in [1.29, 1.82) is 0 Å². The van der Waals surface area contributed by atoms with Crippen molar-refractivity contribution in [2.24, 2.45) is 0 Å². The number of rotatable bonds is 5. The van der Waals surface area contributed by atoms with Crippen LogP contribution in [0.25, 0.3) is 5.65 Å². The highest BCUT2D eigenvalue weighted by molar-refractivity contribution is 7.87. The fourth-order valence-electron chi connectivity index (χ4n) is 1.69. The molecule has 0 fully saturated rings. The van der Waals surface area contributed by atoms with Crippen LogP contribution < -0.4 is 4.72 Å². The summed E-state index contributed by atoms with van der Waals surface area (Å²) in [7, 11) is -1.98. The van der Waals surface area contributed by atoms with Gasteiger partial charge in [0.05, 0.1) is 6.04 Å². The molecule has 0 radical (unpaired) electrons. The van der Waals surface area contributed by atoms with Crippen LogP contribution in [0.15, 0.2) is 24.4 Å². The largest absolute Gasteiger partial charge is 0.285 e. The molecular weight excluding hydrogens is 266 g/mol. The molecule has 104 valence electrons. The topological polar surface area (TPSA) is 79.6 Å². The lowest BCUT2D eigenvalue weighted by Crippen LogP contribution is -2.39. The summed E-state index contributed by atoms with van der Waals surface area (Å²) in [5, 5.41) is 8.03. The normalized spacial score (nSPS) is 14.1. The number of aromatic nitrogens is 3. The lowest BCUT2D eigenvalue weighted by atomic mass is 10.3. The van der Waals surface area contributed by atoms with Crippen molar-refractivity contribution in [2.45, 2.75) is 19.9 Å². The van der Waals surface area contributed by atoms with Gasteiger partial charge >= 0.3 is 0 Å². The molecule has 0 aliphatic carbocycles. The van der Waals surface area contributed by atoms with Crippen LogP contribution in [-0.4, -0.2) is 40.9 Å². The van der Waals surface area contributed by atoms with Gasteiger partial charge in [-0.05, 0) is 19.1 Å². The first kappa shape index (κ1) is 13.9. The third-order valence-corrected chi connectivity index (χ3v) is 4.64. The van der Waals surface area contributed by atoms with Crippen molar-refractivity contribution in [3.8, 4) is 0 Å². The van der Waals surface area contributed by atoms with Crippen LogP contribution in [0, 0.1) is 0 Å². The second kappa shape index (κ2) is 5.24. The van der Waals surface area contributed by atoms with E-state index in [2.05, 4.69) is 14.9 Å². The van der Waals surface area contributed by atoms with Gasteiger partial charge in [0.25, 0.3) is 10.2 Å². The number of fused-ring (bicyclic) bond motifs is 1. The van der Waals surface area contributed by atoms with Crippen LogP contribution in [0.4, 0.5) is 0 Å². The van der Waals surface area contributed by atoms with Crippen molar-refractivity contribution in [1.82, 2.24) is 23.6 Å². The van der Waals surface area contributed by atoms with E-state index in [1.807, 2.05) is 18.2 Å². The van der Waals surface area contributed by atoms with Gasteiger partial charge in [-0.2, -0.15) is 17.4 Å². The zero-order chi connectivity index (χ0) is 14.0. The van der Waals surface area contributed by atoms with E-state index < -0.39 is 16.3 Å². The molecule has 0 amide bonds. The van der Waals surface area contributed by atoms with Crippen LogP contribution in [0.1, 0.15) is 25.7 Å². The first-order valence-electron chi connectivity index (χ1n) is 5.99. The highest BCUT2D eigenvalue weighted by Crippen LogP contribution is 2.13. The molecule has 1 N–H and O–H groups in total. The van der Waals surface area contributed by atoms with Gasteiger partial charge in [-0.3, -0.25) is 4.40 Å². The molecule has 0 spiro atoms. The maximum Gasteiger partial charge on any atom is 0.279 e. The van der Waals surface area contributed by atoms with Crippen LogP contribution in [0.5, 0.6) is 0 Å². The summed E-state index contributed by atoms with van der Waals surface area (Å²) < 4.78 is 29.5. The van der Waals surface area contributed by atoms with Crippen LogP contribution in [0.2, 0.25) is 0 Å². The molecule has 1 unspecified atom stereocenters. The van der Waals surface area contributed by atoms with Crippen LogP contribution >= 0.6 is 0 Å². The summed E-state index contributed by atoms with van der Waals surface area (Å²) in [6, 6.07) is 5.05. The zero-order valence-electron chi connectivity index (χ0n) is 11.1. The second-order valence-electron chi connectivity index (χ2n) is 4.25. The molecule has 2 heterocycles. The Balaban J connectivity index is 2.28. The molecule has 2 aromatic rings. The predicted octanol–water partition coefficient (Wildman–Crippen LogP) is 0.576. The zero-order valence-corrected chi connectivity index (χ0v) is 11.9. The summed E-state index contributed by atoms with van der Waals surface area (Å²) in [6.07, 6.45) is 1.80. The molecule has 7 nitrogen and oxygen atoms in total. The fourth-order valence-corrected chi connectivity index (χ4v) is 2.76. The van der Waals surface area contributed by atoms with E-state index in [9.17, 15) is 8.42 Å². The Labute approximate surface area is 112 Å². The lowest BCUT2D eigenvalue weighted by Gasteiger charge is -2.18. The predicted molar refractivity (Wildman–Crippen MR) is 71.8 cm³/mol.